The zero-order chi connectivity index (χ0) is 24.5. The predicted octanol–water partition coefficient (Wildman–Crippen LogP) is 2.64. The summed E-state index contributed by atoms with van der Waals surface area (Å²) in [6, 6.07) is 8.05. The van der Waals surface area contributed by atoms with Crippen molar-refractivity contribution in [1.82, 2.24) is 19.7 Å². The van der Waals surface area contributed by atoms with E-state index in [9.17, 15) is 22.8 Å². The normalized spacial score (nSPS) is 16.2. The van der Waals surface area contributed by atoms with Gasteiger partial charge in [-0.3, -0.25) is 14.3 Å². The van der Waals surface area contributed by atoms with E-state index in [1.165, 1.54) is 23.2 Å². The molecule has 34 heavy (non-hydrogen) atoms. The SMILES string of the molecule is CN(C)C(=O)Cn1cc2cc(N3CC[C@@H](Oc4ccc(OCC(F)(F)F)nc4)C3=O)ccc2n1. The number of carbonyl (C=O) groups excluding carboxylic acids is 2. The van der Waals surface area contributed by atoms with Crippen LogP contribution < -0.4 is 14.4 Å². The number of fused-ring (bicyclic) bond motifs is 1. The van der Waals surface area contributed by atoms with Crippen molar-refractivity contribution in [2.24, 2.45) is 0 Å². The number of ether oxygens (including phenoxy) is 2. The molecular weight excluding hydrogens is 455 g/mol. The highest BCUT2D eigenvalue weighted by Gasteiger charge is 2.34. The standard InChI is InChI=1S/C22H22F3N5O4/c1-28(2)20(31)12-29-11-14-9-15(3-5-17(14)27-29)30-8-7-18(21(30)32)34-16-4-6-19(26-10-16)33-13-22(23,24)25/h3-6,9-11,18H,7-8,12-13H2,1-2H3/t18-/m1/s1. The number of rotatable bonds is 7. The van der Waals surface area contributed by atoms with E-state index in [1.807, 2.05) is 6.07 Å². The van der Waals surface area contributed by atoms with Crippen LogP contribution in [0.4, 0.5) is 18.9 Å². The summed E-state index contributed by atoms with van der Waals surface area (Å²) in [4.78, 5) is 31.7. The highest BCUT2D eigenvalue weighted by atomic mass is 19.4. The Morgan fingerprint density at radius 1 is 1.24 bits per heavy atom. The number of anilines is 1. The van der Waals surface area contributed by atoms with Gasteiger partial charge in [-0.1, -0.05) is 0 Å². The van der Waals surface area contributed by atoms with Gasteiger partial charge in [-0.25, -0.2) is 4.98 Å². The molecule has 12 heteroatoms. The first kappa shape index (κ1) is 23.3. The highest BCUT2D eigenvalue weighted by molar-refractivity contribution is 6.00. The van der Waals surface area contributed by atoms with E-state index in [2.05, 4.69) is 14.8 Å². The summed E-state index contributed by atoms with van der Waals surface area (Å²) < 4.78 is 48.5. The number of likely N-dealkylation sites (N-methyl/N-ethyl adjacent to an activating group) is 1. The van der Waals surface area contributed by atoms with Crippen LogP contribution in [0, 0.1) is 0 Å². The summed E-state index contributed by atoms with van der Waals surface area (Å²) in [6.45, 7) is -0.891. The fraction of sp³-hybridized carbons (Fsp3) is 0.364. The smallest absolute Gasteiger partial charge is 0.422 e. The van der Waals surface area contributed by atoms with Crippen molar-refractivity contribution < 1.29 is 32.2 Å². The van der Waals surface area contributed by atoms with Crippen LogP contribution in [0.1, 0.15) is 6.42 Å². The minimum absolute atomic E-state index is 0.0859. The molecule has 0 bridgehead atoms. The maximum Gasteiger partial charge on any atom is 0.422 e. The summed E-state index contributed by atoms with van der Waals surface area (Å²) in [7, 11) is 3.35. The average molecular weight is 477 g/mol. The number of hydrogen-bond donors (Lipinski definition) is 0. The summed E-state index contributed by atoms with van der Waals surface area (Å²) >= 11 is 0. The first-order valence-electron chi connectivity index (χ1n) is 10.4. The molecular formula is C22H22F3N5O4. The molecule has 180 valence electrons. The Bertz CT molecular complexity index is 1190. The van der Waals surface area contributed by atoms with Crippen LogP contribution in [-0.2, 0) is 16.1 Å². The lowest BCUT2D eigenvalue weighted by Crippen LogP contribution is -2.32. The van der Waals surface area contributed by atoms with Gasteiger partial charge in [-0.05, 0) is 24.3 Å². The molecule has 1 saturated heterocycles. The second-order valence-electron chi connectivity index (χ2n) is 7.98. The minimum atomic E-state index is -4.46. The number of carbonyl (C=O) groups is 2. The van der Waals surface area contributed by atoms with Crippen molar-refractivity contribution in [1.29, 1.82) is 0 Å². The summed E-state index contributed by atoms with van der Waals surface area (Å²) in [5, 5.41) is 5.18. The zero-order valence-corrected chi connectivity index (χ0v) is 18.5. The van der Waals surface area contributed by atoms with E-state index in [0.717, 1.165) is 5.39 Å². The maximum absolute atomic E-state index is 12.9. The minimum Gasteiger partial charge on any atom is -0.479 e. The molecule has 4 rings (SSSR count). The van der Waals surface area contributed by atoms with Crippen LogP contribution in [0.5, 0.6) is 11.6 Å². The van der Waals surface area contributed by atoms with Crippen molar-refractivity contribution in [3.8, 4) is 11.6 Å². The van der Waals surface area contributed by atoms with Crippen molar-refractivity contribution >= 4 is 28.4 Å². The molecule has 1 atom stereocenters. The van der Waals surface area contributed by atoms with Crippen LogP contribution in [0.15, 0.2) is 42.7 Å². The molecule has 0 unspecified atom stereocenters. The van der Waals surface area contributed by atoms with Gasteiger partial charge in [0.1, 0.15) is 12.3 Å². The van der Waals surface area contributed by atoms with Crippen molar-refractivity contribution in [3.63, 3.8) is 0 Å². The Morgan fingerprint density at radius 3 is 2.71 bits per heavy atom. The van der Waals surface area contributed by atoms with E-state index in [1.54, 1.807) is 42.0 Å². The number of benzene rings is 1. The third kappa shape index (κ3) is 5.38. The van der Waals surface area contributed by atoms with Crippen LogP contribution >= 0.6 is 0 Å². The Hall–Kier alpha value is -3.83. The third-order valence-corrected chi connectivity index (χ3v) is 5.17. The van der Waals surface area contributed by atoms with Crippen LogP contribution in [0.3, 0.4) is 0 Å². The molecule has 1 fully saturated rings. The molecule has 3 heterocycles. The molecule has 2 aromatic heterocycles. The van der Waals surface area contributed by atoms with E-state index in [0.29, 0.717) is 24.2 Å². The van der Waals surface area contributed by atoms with Gasteiger partial charge in [0, 0.05) is 50.4 Å². The largest absolute Gasteiger partial charge is 0.479 e. The lowest BCUT2D eigenvalue weighted by molar-refractivity contribution is -0.154. The number of aromatic nitrogens is 3. The predicted molar refractivity (Wildman–Crippen MR) is 116 cm³/mol. The number of pyridine rings is 1. The van der Waals surface area contributed by atoms with Crippen molar-refractivity contribution in [2.45, 2.75) is 25.2 Å². The Labute approximate surface area is 192 Å². The lowest BCUT2D eigenvalue weighted by atomic mass is 10.2. The molecule has 0 radical (unpaired) electrons. The Balaban J connectivity index is 1.40. The maximum atomic E-state index is 12.9. The summed E-state index contributed by atoms with van der Waals surface area (Å²) in [5.74, 6) is -0.267. The molecule has 0 aliphatic carbocycles. The number of halogens is 3. The first-order valence-corrected chi connectivity index (χ1v) is 10.4. The van der Waals surface area contributed by atoms with Crippen LogP contribution in [0.2, 0.25) is 0 Å². The van der Waals surface area contributed by atoms with Gasteiger partial charge < -0.3 is 19.3 Å². The van der Waals surface area contributed by atoms with E-state index >= 15 is 0 Å². The van der Waals surface area contributed by atoms with Gasteiger partial charge in [0.15, 0.2) is 12.7 Å². The molecule has 2 amide bonds. The number of hydrogen-bond acceptors (Lipinski definition) is 6. The lowest BCUT2D eigenvalue weighted by Gasteiger charge is -2.17. The van der Waals surface area contributed by atoms with Gasteiger partial charge in [-0.15, -0.1) is 0 Å². The Kier molecular flexibility index (Phi) is 6.31. The van der Waals surface area contributed by atoms with Gasteiger partial charge in [0.2, 0.25) is 11.8 Å². The molecule has 1 aromatic carbocycles. The summed E-state index contributed by atoms with van der Waals surface area (Å²) in [5.41, 5.74) is 1.38. The van der Waals surface area contributed by atoms with E-state index < -0.39 is 18.9 Å². The third-order valence-electron chi connectivity index (χ3n) is 5.17. The Morgan fingerprint density at radius 2 is 2.03 bits per heavy atom. The number of nitrogens with zero attached hydrogens (tertiary/aromatic N) is 5. The zero-order valence-electron chi connectivity index (χ0n) is 18.5. The van der Waals surface area contributed by atoms with E-state index in [4.69, 9.17) is 4.74 Å². The average Bonchev–Trinajstić information content (AvgIpc) is 3.34. The quantitative estimate of drug-likeness (QED) is 0.520. The second-order valence-corrected chi connectivity index (χ2v) is 7.98. The summed E-state index contributed by atoms with van der Waals surface area (Å²) in [6.07, 6.45) is -1.80. The second kappa shape index (κ2) is 9.20. The van der Waals surface area contributed by atoms with Crippen molar-refractivity contribution in [3.05, 3.63) is 42.7 Å². The molecule has 1 aliphatic heterocycles. The van der Waals surface area contributed by atoms with Crippen molar-refractivity contribution in [2.75, 3.05) is 32.1 Å². The number of amides is 2. The fourth-order valence-electron chi connectivity index (χ4n) is 3.45. The van der Waals surface area contributed by atoms with Crippen LogP contribution in [-0.4, -0.2) is 71.0 Å². The van der Waals surface area contributed by atoms with Gasteiger partial charge in [-0.2, -0.15) is 18.3 Å². The topological polar surface area (TPSA) is 89.8 Å². The fourth-order valence-corrected chi connectivity index (χ4v) is 3.45. The molecule has 0 spiro atoms. The molecule has 9 nitrogen and oxygen atoms in total. The molecule has 3 aromatic rings. The van der Waals surface area contributed by atoms with Gasteiger partial charge in [0.05, 0.1) is 11.7 Å². The highest BCUT2D eigenvalue weighted by Crippen LogP contribution is 2.28. The molecule has 0 N–H and O–H groups in total. The molecule has 0 saturated carbocycles. The van der Waals surface area contributed by atoms with Gasteiger partial charge in [0.25, 0.3) is 5.91 Å². The van der Waals surface area contributed by atoms with Crippen LogP contribution in [0.25, 0.3) is 10.9 Å². The van der Waals surface area contributed by atoms with Gasteiger partial charge >= 0.3 is 6.18 Å². The molecule has 1 aliphatic rings. The number of alkyl halides is 3. The first-order chi connectivity index (χ1) is 16.1. The monoisotopic (exact) mass is 477 g/mol. The van der Waals surface area contributed by atoms with E-state index in [-0.39, 0.29) is 30.0 Å².